The number of hydrogen-bond donors (Lipinski definition) is 2. The van der Waals surface area contributed by atoms with Crippen molar-refractivity contribution in [1.82, 2.24) is 0 Å². The van der Waals surface area contributed by atoms with Gasteiger partial charge < -0.3 is 10.4 Å². The van der Waals surface area contributed by atoms with Crippen LogP contribution in [0, 0.1) is 0 Å². The van der Waals surface area contributed by atoms with Gasteiger partial charge in [-0.2, -0.15) is 13.2 Å². The van der Waals surface area contributed by atoms with Crippen LogP contribution in [-0.2, 0) is 16.0 Å². The average Bonchev–Trinajstić information content (AvgIpc) is 2.36. The number of carbonyl (C=O) groups excluding carboxylic acids is 1. The summed E-state index contributed by atoms with van der Waals surface area (Å²) in [7, 11) is 0. The van der Waals surface area contributed by atoms with Gasteiger partial charge in [-0.1, -0.05) is 17.7 Å². The van der Waals surface area contributed by atoms with Crippen LogP contribution in [0.2, 0.25) is 5.02 Å². The first-order valence-electron chi connectivity index (χ1n) is 5.68. The molecule has 0 radical (unpaired) electrons. The van der Waals surface area contributed by atoms with Gasteiger partial charge in [-0.3, -0.25) is 9.59 Å². The van der Waals surface area contributed by atoms with Crippen molar-refractivity contribution in [1.29, 1.82) is 0 Å². The van der Waals surface area contributed by atoms with Crippen LogP contribution in [0.15, 0.2) is 18.2 Å². The number of nitrogens with one attached hydrogen (secondary N) is 1. The number of carboxylic acids is 1. The number of aryl methyl sites for hydroxylation is 1. The zero-order chi connectivity index (χ0) is 16.0. The summed E-state index contributed by atoms with van der Waals surface area (Å²) in [5.74, 6) is -2.59. The molecule has 0 aliphatic carbocycles. The van der Waals surface area contributed by atoms with Gasteiger partial charge in [0, 0.05) is 6.42 Å². The molecule has 0 aliphatic rings. The van der Waals surface area contributed by atoms with E-state index >= 15 is 0 Å². The Hall–Kier alpha value is -1.41. The van der Waals surface area contributed by atoms with E-state index in [-0.39, 0.29) is 23.6 Å². The van der Waals surface area contributed by atoms with Gasteiger partial charge in [-0.05, 0) is 35.9 Å². The zero-order valence-corrected chi connectivity index (χ0v) is 12.1. The summed E-state index contributed by atoms with van der Waals surface area (Å²) in [6.45, 7) is 0. The predicted octanol–water partition coefficient (Wildman–Crippen LogP) is 3.55. The van der Waals surface area contributed by atoms with Gasteiger partial charge in [0.25, 0.3) is 0 Å². The van der Waals surface area contributed by atoms with Crippen LogP contribution >= 0.6 is 23.4 Å². The predicted molar refractivity (Wildman–Crippen MR) is 74.6 cm³/mol. The van der Waals surface area contributed by atoms with E-state index in [1.807, 2.05) is 0 Å². The smallest absolute Gasteiger partial charge is 0.442 e. The van der Waals surface area contributed by atoms with Crippen LogP contribution in [0.5, 0.6) is 0 Å². The van der Waals surface area contributed by atoms with E-state index in [4.69, 9.17) is 16.7 Å². The fraction of sp³-hybridized carbons (Fsp3) is 0.333. The molecule has 1 amide bonds. The number of rotatable bonds is 6. The van der Waals surface area contributed by atoms with E-state index < -0.39 is 34.9 Å². The molecule has 0 bridgehead atoms. The largest absolute Gasteiger partial charge is 0.481 e. The second-order valence-electron chi connectivity index (χ2n) is 3.99. The molecule has 0 saturated carbocycles. The molecule has 4 nitrogen and oxygen atoms in total. The van der Waals surface area contributed by atoms with Crippen molar-refractivity contribution >= 4 is 40.9 Å². The van der Waals surface area contributed by atoms with E-state index in [9.17, 15) is 22.8 Å². The summed E-state index contributed by atoms with van der Waals surface area (Å²) in [6, 6.07) is 4.48. The van der Waals surface area contributed by atoms with Crippen molar-refractivity contribution in [2.75, 3.05) is 11.1 Å². The molecule has 0 aliphatic heterocycles. The Bertz CT molecular complexity index is 537. The van der Waals surface area contributed by atoms with E-state index in [2.05, 4.69) is 5.32 Å². The highest BCUT2D eigenvalue weighted by Crippen LogP contribution is 2.30. The first kappa shape index (κ1) is 17.6. The van der Waals surface area contributed by atoms with Gasteiger partial charge in [-0.25, -0.2) is 0 Å². The normalized spacial score (nSPS) is 11.2. The molecule has 9 heteroatoms. The number of carboxylic acid groups (broad SMARTS) is 1. The fourth-order valence-corrected chi connectivity index (χ4v) is 1.94. The highest BCUT2D eigenvalue weighted by Gasteiger charge is 2.29. The molecular weight excluding hydrogens is 331 g/mol. The van der Waals surface area contributed by atoms with Crippen LogP contribution in [0.4, 0.5) is 18.9 Å². The van der Waals surface area contributed by atoms with Crippen LogP contribution < -0.4 is 5.32 Å². The van der Waals surface area contributed by atoms with Gasteiger partial charge in [0.15, 0.2) is 0 Å². The first-order valence-corrected chi connectivity index (χ1v) is 7.04. The Morgan fingerprint density at radius 2 is 2.00 bits per heavy atom. The minimum absolute atomic E-state index is 0.0983. The third kappa shape index (κ3) is 7.24. The number of amides is 1. The Labute approximate surface area is 127 Å². The maximum Gasteiger partial charge on any atom is 0.442 e. The fourth-order valence-electron chi connectivity index (χ4n) is 1.41. The molecule has 0 saturated heterocycles. The summed E-state index contributed by atoms with van der Waals surface area (Å²) in [6.07, 6.45) is 0.131. The van der Waals surface area contributed by atoms with Gasteiger partial charge in [-0.15, -0.1) is 0 Å². The van der Waals surface area contributed by atoms with Crippen molar-refractivity contribution in [3.05, 3.63) is 28.8 Å². The Kier molecular flexibility index (Phi) is 6.35. The quantitative estimate of drug-likeness (QED) is 0.830. The van der Waals surface area contributed by atoms with E-state index in [1.165, 1.54) is 12.1 Å². The minimum atomic E-state index is -4.48. The molecule has 0 heterocycles. The van der Waals surface area contributed by atoms with Crippen LogP contribution in [0.1, 0.15) is 12.0 Å². The number of hydrogen-bond acceptors (Lipinski definition) is 3. The average molecular weight is 342 g/mol. The second-order valence-corrected chi connectivity index (χ2v) is 5.44. The summed E-state index contributed by atoms with van der Waals surface area (Å²) >= 11 is 5.39. The topological polar surface area (TPSA) is 66.4 Å². The molecule has 0 fully saturated rings. The standard InChI is InChI=1S/C12H11ClF3NO3S/c13-8-3-1-7(2-4-11(19)20)5-9(8)17-10(18)6-21-12(14,15)16/h1,3,5H,2,4,6H2,(H,17,18)(H,19,20). The monoisotopic (exact) mass is 341 g/mol. The molecule has 116 valence electrons. The second kappa shape index (κ2) is 7.56. The van der Waals surface area contributed by atoms with Gasteiger partial charge in [0.1, 0.15) is 0 Å². The van der Waals surface area contributed by atoms with Crippen molar-refractivity contribution in [2.45, 2.75) is 18.3 Å². The van der Waals surface area contributed by atoms with Gasteiger partial charge >= 0.3 is 11.5 Å². The highest BCUT2D eigenvalue weighted by molar-refractivity contribution is 8.00. The molecule has 0 atom stereocenters. The van der Waals surface area contributed by atoms with Crippen molar-refractivity contribution in [3.63, 3.8) is 0 Å². The van der Waals surface area contributed by atoms with Gasteiger partial charge in [0.2, 0.25) is 5.91 Å². The molecule has 1 aromatic rings. The minimum Gasteiger partial charge on any atom is -0.481 e. The first-order chi connectivity index (χ1) is 9.67. The van der Waals surface area contributed by atoms with Crippen LogP contribution in [0.25, 0.3) is 0 Å². The molecule has 0 aromatic heterocycles. The van der Waals surface area contributed by atoms with Crippen molar-refractivity contribution < 1.29 is 27.9 Å². The lowest BCUT2D eigenvalue weighted by Gasteiger charge is -2.10. The Morgan fingerprint density at radius 1 is 1.33 bits per heavy atom. The molecule has 0 spiro atoms. The number of alkyl halides is 3. The van der Waals surface area contributed by atoms with Gasteiger partial charge in [0.05, 0.1) is 16.5 Å². The summed E-state index contributed by atoms with van der Waals surface area (Å²) in [5.41, 5.74) is -3.71. The van der Waals surface area contributed by atoms with E-state index in [0.29, 0.717) is 5.56 Å². The summed E-state index contributed by atoms with van der Waals surface area (Å²) in [4.78, 5) is 21.9. The number of carbonyl (C=O) groups is 2. The SMILES string of the molecule is O=C(O)CCc1ccc(Cl)c(NC(=O)CSC(F)(F)F)c1. The van der Waals surface area contributed by atoms with E-state index in [0.717, 1.165) is 0 Å². The third-order valence-corrected chi connectivity index (χ3v) is 3.36. The van der Waals surface area contributed by atoms with Crippen LogP contribution in [0.3, 0.4) is 0 Å². The summed E-state index contributed by atoms with van der Waals surface area (Å²) < 4.78 is 35.9. The molecule has 0 unspecified atom stereocenters. The molecule has 1 aromatic carbocycles. The van der Waals surface area contributed by atoms with Crippen molar-refractivity contribution in [3.8, 4) is 0 Å². The Balaban J connectivity index is 2.67. The zero-order valence-electron chi connectivity index (χ0n) is 10.5. The lowest BCUT2D eigenvalue weighted by molar-refractivity contribution is -0.137. The number of halogens is 4. The van der Waals surface area contributed by atoms with Crippen molar-refractivity contribution in [2.24, 2.45) is 0 Å². The maximum atomic E-state index is 12.0. The number of aliphatic carboxylic acids is 1. The lowest BCUT2D eigenvalue weighted by atomic mass is 10.1. The molecular formula is C12H11ClF3NO3S. The molecule has 2 N–H and O–H groups in total. The molecule has 21 heavy (non-hydrogen) atoms. The highest BCUT2D eigenvalue weighted by atomic mass is 35.5. The lowest BCUT2D eigenvalue weighted by Crippen LogP contribution is -2.17. The summed E-state index contributed by atoms with van der Waals surface area (Å²) in [5, 5.41) is 11.0. The third-order valence-electron chi connectivity index (χ3n) is 2.30. The Morgan fingerprint density at radius 3 is 2.57 bits per heavy atom. The maximum absolute atomic E-state index is 12.0. The number of thioether (sulfide) groups is 1. The number of anilines is 1. The van der Waals surface area contributed by atoms with Crippen LogP contribution in [-0.4, -0.2) is 28.2 Å². The number of benzene rings is 1. The molecule has 1 rings (SSSR count). The van der Waals surface area contributed by atoms with E-state index in [1.54, 1.807) is 6.07 Å².